The third kappa shape index (κ3) is 5.54. The van der Waals surface area contributed by atoms with Crippen LogP contribution in [0.2, 0.25) is 0 Å². The molecule has 0 spiro atoms. The normalized spacial score (nSPS) is 15.9. The molecule has 8 heteroatoms. The zero-order valence-electron chi connectivity index (χ0n) is 17.9. The van der Waals surface area contributed by atoms with Crippen LogP contribution in [0.3, 0.4) is 0 Å². The number of pyridine rings is 1. The molecule has 1 aromatic carbocycles. The van der Waals surface area contributed by atoms with E-state index in [0.717, 1.165) is 33.1 Å². The minimum absolute atomic E-state index is 0.113. The Morgan fingerprint density at radius 2 is 1.97 bits per heavy atom. The molecule has 4 heterocycles. The van der Waals surface area contributed by atoms with E-state index in [9.17, 15) is 9.59 Å². The van der Waals surface area contributed by atoms with Crippen molar-refractivity contribution in [1.29, 1.82) is 0 Å². The molecule has 1 fully saturated rings. The number of thiophene rings is 2. The maximum atomic E-state index is 12.5. The van der Waals surface area contributed by atoms with Crippen molar-refractivity contribution in [3.05, 3.63) is 76.4 Å². The summed E-state index contributed by atoms with van der Waals surface area (Å²) in [4.78, 5) is 29.5. The summed E-state index contributed by atoms with van der Waals surface area (Å²) in [6.45, 7) is 1.58. The van der Waals surface area contributed by atoms with Gasteiger partial charge in [0.05, 0.1) is 6.04 Å². The molecule has 0 saturated carbocycles. The molecule has 1 amide bonds. The average molecular weight is 477 g/mol. The third-order valence-corrected chi connectivity index (χ3v) is 6.91. The number of nitrogens with two attached hydrogens (primary N) is 1. The highest BCUT2D eigenvalue weighted by Crippen LogP contribution is 2.38. The fourth-order valence-corrected chi connectivity index (χ4v) is 5.13. The fourth-order valence-electron chi connectivity index (χ4n) is 3.60. The van der Waals surface area contributed by atoms with Crippen molar-refractivity contribution in [3.8, 4) is 11.1 Å². The largest absolute Gasteiger partial charge is 0.383 e. The van der Waals surface area contributed by atoms with E-state index < -0.39 is 0 Å². The first-order chi connectivity index (χ1) is 16.2. The summed E-state index contributed by atoms with van der Waals surface area (Å²) < 4.78 is 1.00. The number of aromatic nitrogens is 1. The summed E-state index contributed by atoms with van der Waals surface area (Å²) in [6.07, 6.45) is 5.86. The average Bonchev–Trinajstić information content (AvgIpc) is 3.58. The number of nitrogens with one attached hydrogen (secondary N) is 1. The Kier molecular flexibility index (Phi) is 7.62. The Morgan fingerprint density at radius 3 is 2.67 bits per heavy atom. The molecular formula is C25H24N4O2S2. The number of nitrogen functional groups attached to an aromatic ring is 1. The fraction of sp³-hybridized carbons (Fsp3) is 0.160. The van der Waals surface area contributed by atoms with Crippen LogP contribution in [0.1, 0.15) is 5.56 Å². The number of anilines is 1. The van der Waals surface area contributed by atoms with Crippen LogP contribution >= 0.6 is 22.7 Å². The van der Waals surface area contributed by atoms with Gasteiger partial charge in [-0.05, 0) is 27.8 Å². The topological polar surface area (TPSA) is 88.3 Å². The molecule has 33 heavy (non-hydrogen) atoms. The number of nitrogens with zero attached hydrogens (tertiary/aromatic N) is 2. The van der Waals surface area contributed by atoms with Gasteiger partial charge in [0.2, 0.25) is 5.91 Å². The van der Waals surface area contributed by atoms with Crippen LogP contribution in [0.25, 0.3) is 27.3 Å². The summed E-state index contributed by atoms with van der Waals surface area (Å²) in [5.74, 6) is 0.368. The Hall–Kier alpha value is -3.33. The third-order valence-electron chi connectivity index (χ3n) is 5.25. The predicted molar refractivity (Wildman–Crippen MR) is 137 cm³/mol. The van der Waals surface area contributed by atoms with Crippen molar-refractivity contribution in [2.45, 2.75) is 6.04 Å². The molecule has 168 valence electrons. The van der Waals surface area contributed by atoms with Crippen LogP contribution in [-0.2, 0) is 9.59 Å². The zero-order valence-corrected chi connectivity index (χ0v) is 19.5. The summed E-state index contributed by atoms with van der Waals surface area (Å²) >= 11 is 3.30. The number of hydrogen-bond acceptors (Lipinski definition) is 7. The second-order valence-corrected chi connectivity index (χ2v) is 9.12. The number of fused-ring (bicyclic) bond motifs is 1. The van der Waals surface area contributed by atoms with Crippen LogP contribution < -0.4 is 11.1 Å². The number of rotatable bonds is 4. The van der Waals surface area contributed by atoms with Gasteiger partial charge in [0, 0.05) is 53.1 Å². The molecule has 1 saturated heterocycles. The van der Waals surface area contributed by atoms with Gasteiger partial charge in [-0.3, -0.25) is 4.79 Å². The second-order valence-electron chi connectivity index (χ2n) is 7.43. The van der Waals surface area contributed by atoms with E-state index in [2.05, 4.69) is 15.7 Å². The zero-order chi connectivity index (χ0) is 23.0. The number of piperazine rings is 1. The van der Waals surface area contributed by atoms with Crippen molar-refractivity contribution >= 4 is 56.8 Å². The molecular weight excluding hydrogens is 452 g/mol. The van der Waals surface area contributed by atoms with Crippen LogP contribution in [-0.4, -0.2) is 47.8 Å². The van der Waals surface area contributed by atoms with Crippen LogP contribution in [0.4, 0.5) is 5.82 Å². The molecule has 4 aromatic rings. The summed E-state index contributed by atoms with van der Waals surface area (Å²) in [5.41, 5.74) is 9.15. The Bertz CT molecular complexity index is 1220. The van der Waals surface area contributed by atoms with E-state index in [1.807, 2.05) is 53.2 Å². The molecule has 1 aliphatic rings. The van der Waals surface area contributed by atoms with Gasteiger partial charge in [-0.1, -0.05) is 42.5 Å². The smallest absolute Gasteiger partial charge is 0.246 e. The predicted octanol–water partition coefficient (Wildman–Crippen LogP) is 4.31. The molecule has 0 radical (unpaired) electrons. The monoisotopic (exact) mass is 476 g/mol. The highest BCUT2D eigenvalue weighted by atomic mass is 32.1. The van der Waals surface area contributed by atoms with E-state index in [0.29, 0.717) is 25.5 Å². The number of carbonyl (C=O) groups excluding carboxylic acids is 2. The van der Waals surface area contributed by atoms with E-state index >= 15 is 0 Å². The lowest BCUT2D eigenvalue weighted by atomic mass is 10.0. The van der Waals surface area contributed by atoms with Gasteiger partial charge in [0.1, 0.15) is 12.1 Å². The number of hydrogen-bond donors (Lipinski definition) is 2. The van der Waals surface area contributed by atoms with E-state index in [1.54, 1.807) is 45.9 Å². The lowest BCUT2D eigenvalue weighted by Gasteiger charge is -2.30. The maximum Gasteiger partial charge on any atom is 0.246 e. The Balaban J connectivity index is 0.000000459. The van der Waals surface area contributed by atoms with Crippen molar-refractivity contribution in [2.75, 3.05) is 25.4 Å². The van der Waals surface area contributed by atoms with E-state index in [-0.39, 0.29) is 11.9 Å². The summed E-state index contributed by atoms with van der Waals surface area (Å²) in [7, 11) is 0. The lowest BCUT2D eigenvalue weighted by Crippen LogP contribution is -2.52. The summed E-state index contributed by atoms with van der Waals surface area (Å²) in [6, 6.07) is 13.8. The number of carbonyl (C=O) groups is 2. The second kappa shape index (κ2) is 11.0. The molecule has 0 aliphatic carbocycles. The van der Waals surface area contributed by atoms with E-state index in [1.165, 1.54) is 0 Å². The van der Waals surface area contributed by atoms with Crippen LogP contribution in [0.15, 0.2) is 70.9 Å². The summed E-state index contributed by atoms with van der Waals surface area (Å²) in [5, 5.41) is 10.1. The Morgan fingerprint density at radius 1 is 1.18 bits per heavy atom. The number of aldehydes is 1. The molecule has 1 aliphatic heterocycles. The van der Waals surface area contributed by atoms with Gasteiger partial charge < -0.3 is 20.7 Å². The maximum absolute atomic E-state index is 12.5. The van der Waals surface area contributed by atoms with E-state index in [4.69, 9.17) is 5.73 Å². The first-order valence-corrected chi connectivity index (χ1v) is 12.3. The number of amides is 1. The highest BCUT2D eigenvalue weighted by Gasteiger charge is 2.21. The standard InChI is InChI=1S/C21H20N4O2S.C4H4S/c22-21-19-17(14-4-2-1-3-5-14)13-28-20(19)15(10-24-21)6-7-18(27)25-9-8-23-16(11-25)12-26;1-2-4-5-3-1/h1-7,10,12-13,16,23H,8-9,11H2,(H2,22,24);1-4H/b7-6+;. The van der Waals surface area contributed by atoms with Crippen LogP contribution in [0.5, 0.6) is 0 Å². The van der Waals surface area contributed by atoms with Gasteiger partial charge in [-0.25, -0.2) is 4.98 Å². The van der Waals surface area contributed by atoms with Gasteiger partial charge in [0.15, 0.2) is 0 Å². The highest BCUT2D eigenvalue weighted by molar-refractivity contribution is 7.18. The molecule has 1 unspecified atom stereocenters. The molecule has 6 nitrogen and oxygen atoms in total. The lowest BCUT2D eigenvalue weighted by molar-refractivity contribution is -0.127. The van der Waals surface area contributed by atoms with Crippen molar-refractivity contribution < 1.29 is 9.59 Å². The minimum Gasteiger partial charge on any atom is -0.383 e. The van der Waals surface area contributed by atoms with Crippen molar-refractivity contribution in [2.24, 2.45) is 0 Å². The Labute approximate surface area is 200 Å². The molecule has 3 N–H and O–H groups in total. The molecule has 3 aromatic heterocycles. The SMILES string of the molecule is Nc1ncc(/C=C/C(=O)N2CCNC(C=O)C2)c2scc(-c3ccccc3)c12.c1ccsc1. The van der Waals surface area contributed by atoms with Gasteiger partial charge in [-0.15, -0.1) is 11.3 Å². The van der Waals surface area contributed by atoms with Crippen molar-refractivity contribution in [3.63, 3.8) is 0 Å². The van der Waals surface area contributed by atoms with Gasteiger partial charge >= 0.3 is 0 Å². The van der Waals surface area contributed by atoms with Gasteiger partial charge in [-0.2, -0.15) is 11.3 Å². The van der Waals surface area contributed by atoms with Crippen LogP contribution in [0, 0.1) is 0 Å². The number of benzene rings is 1. The molecule has 0 bridgehead atoms. The first kappa shape index (κ1) is 22.8. The molecule has 5 rings (SSSR count). The molecule has 1 atom stereocenters. The van der Waals surface area contributed by atoms with Gasteiger partial charge in [0.25, 0.3) is 0 Å². The quantitative estimate of drug-likeness (QED) is 0.339. The first-order valence-electron chi connectivity index (χ1n) is 10.5. The minimum atomic E-state index is -0.304. The van der Waals surface area contributed by atoms with Crippen molar-refractivity contribution in [1.82, 2.24) is 15.2 Å².